The van der Waals surface area contributed by atoms with E-state index < -0.39 is 0 Å². The summed E-state index contributed by atoms with van der Waals surface area (Å²) in [6, 6.07) is 17.3. The number of rotatable bonds is 5. The van der Waals surface area contributed by atoms with Crippen LogP contribution in [0.5, 0.6) is 11.5 Å². The average Bonchev–Trinajstić information content (AvgIpc) is 3.21. The lowest BCUT2D eigenvalue weighted by atomic mass is 10.2. The molecule has 4 rings (SSSR count). The molecule has 0 bridgehead atoms. The quantitative estimate of drug-likeness (QED) is 0.558. The van der Waals surface area contributed by atoms with Gasteiger partial charge in [-0.25, -0.2) is 0 Å². The molecule has 24 heavy (non-hydrogen) atoms. The largest absolute Gasteiger partial charge is 0.497 e. The van der Waals surface area contributed by atoms with Crippen molar-refractivity contribution in [2.45, 2.75) is 6.61 Å². The number of ether oxygens (including phenoxy) is 2. The van der Waals surface area contributed by atoms with Crippen molar-refractivity contribution in [2.75, 3.05) is 7.11 Å². The first-order valence-corrected chi connectivity index (χ1v) is 8.18. The lowest BCUT2D eigenvalue weighted by Crippen LogP contribution is -1.97. The van der Waals surface area contributed by atoms with Crippen LogP contribution in [0, 0.1) is 0 Å². The van der Waals surface area contributed by atoms with Gasteiger partial charge in [0.2, 0.25) is 4.96 Å². The molecule has 0 atom stereocenters. The standard InChI is InChI=1S/C17H14N4O2S/c1-22-13-7-9-14(10-8-13)23-11-15-20-21-16(18-19-17(21)24-15)12-5-3-2-4-6-12/h2-10H,11H2,1H3. The molecule has 7 heteroatoms. The third-order valence-electron chi connectivity index (χ3n) is 3.49. The summed E-state index contributed by atoms with van der Waals surface area (Å²) in [5, 5.41) is 13.8. The van der Waals surface area contributed by atoms with Crippen LogP contribution in [0.2, 0.25) is 0 Å². The maximum absolute atomic E-state index is 5.77. The Labute approximate surface area is 142 Å². The maximum Gasteiger partial charge on any atom is 0.235 e. The van der Waals surface area contributed by atoms with Gasteiger partial charge in [0.15, 0.2) is 10.8 Å². The first kappa shape index (κ1) is 14.6. The molecule has 0 aliphatic rings. The second kappa shape index (κ2) is 6.29. The van der Waals surface area contributed by atoms with E-state index in [1.165, 1.54) is 11.3 Å². The van der Waals surface area contributed by atoms with Crippen molar-refractivity contribution in [1.82, 2.24) is 19.8 Å². The smallest absolute Gasteiger partial charge is 0.235 e. The van der Waals surface area contributed by atoms with Crippen molar-refractivity contribution in [1.29, 1.82) is 0 Å². The molecule has 0 saturated carbocycles. The van der Waals surface area contributed by atoms with E-state index in [4.69, 9.17) is 9.47 Å². The summed E-state index contributed by atoms with van der Waals surface area (Å²) in [6.07, 6.45) is 0. The zero-order chi connectivity index (χ0) is 16.4. The number of hydrogen-bond acceptors (Lipinski definition) is 6. The minimum Gasteiger partial charge on any atom is -0.497 e. The Morgan fingerprint density at radius 3 is 2.46 bits per heavy atom. The minimum atomic E-state index is 0.384. The summed E-state index contributed by atoms with van der Waals surface area (Å²) in [6.45, 7) is 0.384. The van der Waals surface area contributed by atoms with E-state index in [2.05, 4.69) is 15.3 Å². The van der Waals surface area contributed by atoms with Crippen LogP contribution in [0.1, 0.15) is 5.01 Å². The number of nitrogens with zero attached hydrogens (tertiary/aromatic N) is 4. The molecule has 2 aromatic heterocycles. The highest BCUT2D eigenvalue weighted by molar-refractivity contribution is 7.16. The molecule has 120 valence electrons. The van der Waals surface area contributed by atoms with Gasteiger partial charge in [-0.2, -0.15) is 9.61 Å². The van der Waals surface area contributed by atoms with Crippen molar-refractivity contribution < 1.29 is 9.47 Å². The molecule has 0 unspecified atom stereocenters. The van der Waals surface area contributed by atoms with Crippen molar-refractivity contribution in [3.63, 3.8) is 0 Å². The Kier molecular flexibility index (Phi) is 3.84. The normalized spacial score (nSPS) is 10.9. The van der Waals surface area contributed by atoms with Crippen LogP contribution in [0.25, 0.3) is 16.3 Å². The van der Waals surface area contributed by atoms with E-state index in [9.17, 15) is 0 Å². The van der Waals surface area contributed by atoms with Crippen LogP contribution in [-0.2, 0) is 6.61 Å². The molecule has 0 saturated heterocycles. The van der Waals surface area contributed by atoms with Gasteiger partial charge in [0, 0.05) is 5.56 Å². The summed E-state index contributed by atoms with van der Waals surface area (Å²) < 4.78 is 12.7. The molecule has 0 aliphatic carbocycles. The topological polar surface area (TPSA) is 61.5 Å². The first-order chi connectivity index (χ1) is 11.8. The van der Waals surface area contributed by atoms with Crippen molar-refractivity contribution in [3.8, 4) is 22.9 Å². The predicted molar refractivity (Wildman–Crippen MR) is 91.4 cm³/mol. The van der Waals surface area contributed by atoms with Gasteiger partial charge in [-0.15, -0.1) is 10.2 Å². The Hall–Kier alpha value is -2.93. The van der Waals surface area contributed by atoms with Crippen LogP contribution >= 0.6 is 11.3 Å². The Balaban J connectivity index is 1.54. The third-order valence-corrected chi connectivity index (χ3v) is 4.36. The fourth-order valence-electron chi connectivity index (χ4n) is 2.30. The number of aromatic nitrogens is 4. The molecule has 2 heterocycles. The van der Waals surface area contributed by atoms with Gasteiger partial charge in [-0.1, -0.05) is 41.7 Å². The van der Waals surface area contributed by atoms with Gasteiger partial charge in [-0.3, -0.25) is 0 Å². The highest BCUT2D eigenvalue weighted by Crippen LogP contribution is 2.23. The monoisotopic (exact) mass is 338 g/mol. The molecule has 6 nitrogen and oxygen atoms in total. The Morgan fingerprint density at radius 1 is 0.958 bits per heavy atom. The van der Waals surface area contributed by atoms with Crippen LogP contribution < -0.4 is 9.47 Å². The van der Waals surface area contributed by atoms with E-state index in [-0.39, 0.29) is 0 Å². The summed E-state index contributed by atoms with van der Waals surface area (Å²) >= 11 is 1.47. The van der Waals surface area contributed by atoms with Gasteiger partial charge in [0.05, 0.1) is 7.11 Å². The molecule has 0 radical (unpaired) electrons. The Bertz CT molecular complexity index is 948. The van der Waals surface area contributed by atoms with Gasteiger partial charge in [-0.05, 0) is 24.3 Å². The summed E-state index contributed by atoms with van der Waals surface area (Å²) in [5.74, 6) is 2.30. The second-order valence-corrected chi connectivity index (χ2v) is 6.08. The number of fused-ring (bicyclic) bond motifs is 1. The van der Waals surface area contributed by atoms with E-state index in [1.807, 2.05) is 54.6 Å². The van der Waals surface area contributed by atoms with Gasteiger partial charge in [0.25, 0.3) is 0 Å². The number of benzene rings is 2. The minimum absolute atomic E-state index is 0.384. The number of methoxy groups -OCH3 is 1. The van der Waals surface area contributed by atoms with Crippen LogP contribution in [-0.4, -0.2) is 26.9 Å². The molecular formula is C17H14N4O2S. The molecule has 0 aliphatic heterocycles. The molecule has 2 aromatic carbocycles. The molecule has 0 N–H and O–H groups in total. The van der Waals surface area contributed by atoms with Crippen molar-refractivity contribution >= 4 is 16.3 Å². The highest BCUT2D eigenvalue weighted by atomic mass is 32.1. The first-order valence-electron chi connectivity index (χ1n) is 7.37. The van der Waals surface area contributed by atoms with Crippen LogP contribution in [0.4, 0.5) is 0 Å². The third kappa shape index (κ3) is 2.81. The van der Waals surface area contributed by atoms with Crippen molar-refractivity contribution in [3.05, 3.63) is 59.6 Å². The van der Waals surface area contributed by atoms with E-state index in [0.29, 0.717) is 6.61 Å². The summed E-state index contributed by atoms with van der Waals surface area (Å²) in [7, 11) is 1.64. The molecule has 4 aromatic rings. The van der Waals surface area contributed by atoms with Gasteiger partial charge >= 0.3 is 0 Å². The highest BCUT2D eigenvalue weighted by Gasteiger charge is 2.13. The molecule has 0 fully saturated rings. The lowest BCUT2D eigenvalue weighted by molar-refractivity contribution is 0.303. The maximum atomic E-state index is 5.77. The zero-order valence-corrected chi connectivity index (χ0v) is 13.7. The van der Waals surface area contributed by atoms with E-state index >= 15 is 0 Å². The number of hydrogen-bond donors (Lipinski definition) is 0. The zero-order valence-electron chi connectivity index (χ0n) is 12.9. The van der Waals surface area contributed by atoms with E-state index in [0.717, 1.165) is 32.9 Å². The van der Waals surface area contributed by atoms with Crippen LogP contribution in [0.3, 0.4) is 0 Å². The Morgan fingerprint density at radius 2 is 1.71 bits per heavy atom. The summed E-state index contributed by atoms with van der Waals surface area (Å²) in [5.41, 5.74) is 0.984. The van der Waals surface area contributed by atoms with Crippen molar-refractivity contribution in [2.24, 2.45) is 0 Å². The molecule has 0 spiro atoms. The SMILES string of the molecule is COc1ccc(OCc2nn3c(-c4ccccc4)nnc3s2)cc1. The fraction of sp³-hybridized carbons (Fsp3) is 0.118. The van der Waals surface area contributed by atoms with E-state index in [1.54, 1.807) is 11.6 Å². The van der Waals surface area contributed by atoms with Gasteiger partial charge < -0.3 is 9.47 Å². The van der Waals surface area contributed by atoms with Gasteiger partial charge in [0.1, 0.15) is 18.1 Å². The second-order valence-electron chi connectivity index (χ2n) is 5.04. The predicted octanol–water partition coefficient (Wildman–Crippen LogP) is 3.44. The fourth-order valence-corrected chi connectivity index (χ4v) is 3.05. The lowest BCUT2D eigenvalue weighted by Gasteiger charge is -2.04. The van der Waals surface area contributed by atoms with Crippen LogP contribution in [0.15, 0.2) is 54.6 Å². The average molecular weight is 338 g/mol. The summed E-state index contributed by atoms with van der Waals surface area (Å²) in [4.78, 5) is 0.752. The molecule has 0 amide bonds. The molecular weight excluding hydrogens is 324 g/mol.